The number of halogens is 2. The van der Waals surface area contributed by atoms with Crippen LogP contribution < -0.4 is 5.32 Å². The summed E-state index contributed by atoms with van der Waals surface area (Å²) in [5.41, 5.74) is 0.820. The predicted octanol–water partition coefficient (Wildman–Crippen LogP) is 4.46. The van der Waals surface area contributed by atoms with E-state index in [1.807, 2.05) is 6.92 Å². The van der Waals surface area contributed by atoms with E-state index in [-0.39, 0.29) is 10.6 Å². The van der Waals surface area contributed by atoms with Crippen molar-refractivity contribution in [2.24, 2.45) is 0 Å². The molecule has 0 radical (unpaired) electrons. The van der Waals surface area contributed by atoms with Crippen LogP contribution >= 0.6 is 22.9 Å². The largest absolute Gasteiger partial charge is 0.420 e. The van der Waals surface area contributed by atoms with Crippen LogP contribution in [-0.2, 0) is 0 Å². The summed E-state index contributed by atoms with van der Waals surface area (Å²) in [5, 5.41) is 10.5. The van der Waals surface area contributed by atoms with Crippen molar-refractivity contribution in [3.05, 3.63) is 51.4 Å². The second-order valence-electron chi connectivity index (χ2n) is 4.79. The van der Waals surface area contributed by atoms with E-state index in [1.54, 1.807) is 13.0 Å². The van der Waals surface area contributed by atoms with Crippen LogP contribution in [0.3, 0.4) is 0 Å². The van der Waals surface area contributed by atoms with Crippen molar-refractivity contribution in [2.75, 3.05) is 5.32 Å². The quantitative estimate of drug-likeness (QED) is 0.756. The fourth-order valence-electron chi connectivity index (χ4n) is 1.97. The van der Waals surface area contributed by atoms with Gasteiger partial charge in [-0.1, -0.05) is 11.6 Å². The van der Waals surface area contributed by atoms with Gasteiger partial charge in [0.15, 0.2) is 0 Å². The van der Waals surface area contributed by atoms with E-state index < -0.39 is 11.7 Å². The number of aromatic nitrogens is 2. The van der Waals surface area contributed by atoms with Gasteiger partial charge in [-0.2, -0.15) is 0 Å². The van der Waals surface area contributed by atoms with Crippen molar-refractivity contribution >= 4 is 34.5 Å². The van der Waals surface area contributed by atoms with Crippen LogP contribution in [0.2, 0.25) is 5.02 Å². The van der Waals surface area contributed by atoms with E-state index in [0.29, 0.717) is 17.5 Å². The normalized spacial score (nSPS) is 10.8. The molecule has 23 heavy (non-hydrogen) atoms. The maximum Gasteiger partial charge on any atom is 0.257 e. The van der Waals surface area contributed by atoms with Crippen molar-refractivity contribution < 1.29 is 13.6 Å². The molecule has 3 rings (SSSR count). The first-order chi connectivity index (χ1) is 10.9. The molecule has 1 N–H and O–H groups in total. The zero-order valence-corrected chi connectivity index (χ0v) is 13.8. The van der Waals surface area contributed by atoms with Gasteiger partial charge in [0, 0.05) is 11.8 Å². The lowest BCUT2D eigenvalue weighted by atomic mass is 10.2. The molecule has 2 heterocycles. The average molecular weight is 352 g/mol. The van der Waals surface area contributed by atoms with Gasteiger partial charge >= 0.3 is 0 Å². The molecule has 1 aromatic carbocycles. The lowest BCUT2D eigenvalue weighted by Crippen LogP contribution is -2.12. The topological polar surface area (TPSA) is 68.0 Å². The van der Waals surface area contributed by atoms with Crippen LogP contribution in [0, 0.1) is 19.7 Å². The smallest absolute Gasteiger partial charge is 0.257 e. The number of hydrogen-bond donors (Lipinski definition) is 1. The first-order valence-electron chi connectivity index (χ1n) is 6.61. The Morgan fingerprint density at radius 2 is 2.09 bits per heavy atom. The first kappa shape index (κ1) is 15.6. The molecular formula is C15H11ClFN3O2S. The molecule has 0 fully saturated rings. The molecule has 8 heteroatoms. The first-order valence-corrected chi connectivity index (χ1v) is 7.81. The Morgan fingerprint density at radius 3 is 2.74 bits per heavy atom. The minimum absolute atomic E-state index is 0.0585. The number of thiophene rings is 1. The Morgan fingerprint density at radius 1 is 1.30 bits per heavy atom. The van der Waals surface area contributed by atoms with E-state index >= 15 is 0 Å². The Kier molecular flexibility index (Phi) is 4.14. The van der Waals surface area contributed by atoms with E-state index in [2.05, 4.69) is 15.5 Å². The summed E-state index contributed by atoms with van der Waals surface area (Å²) in [7, 11) is 0. The third-order valence-corrected chi connectivity index (χ3v) is 4.43. The molecule has 118 valence electrons. The Labute approximate surface area is 140 Å². The highest BCUT2D eigenvalue weighted by Gasteiger charge is 2.16. The molecule has 0 aliphatic carbocycles. The van der Waals surface area contributed by atoms with Crippen LogP contribution in [0.25, 0.3) is 10.8 Å². The number of nitrogens with one attached hydrogen (secondary N) is 1. The lowest BCUT2D eigenvalue weighted by Gasteiger charge is -2.06. The molecule has 2 aromatic heterocycles. The van der Waals surface area contributed by atoms with Crippen molar-refractivity contribution in [3.8, 4) is 10.8 Å². The van der Waals surface area contributed by atoms with Gasteiger partial charge in [-0.25, -0.2) is 4.39 Å². The lowest BCUT2D eigenvalue weighted by molar-refractivity contribution is 0.102. The summed E-state index contributed by atoms with van der Waals surface area (Å²) in [6.07, 6.45) is 0. The van der Waals surface area contributed by atoms with E-state index in [1.165, 1.54) is 23.5 Å². The molecule has 1 amide bonds. The highest BCUT2D eigenvalue weighted by atomic mass is 35.5. The predicted molar refractivity (Wildman–Crippen MR) is 86.4 cm³/mol. The third-order valence-electron chi connectivity index (χ3n) is 3.08. The summed E-state index contributed by atoms with van der Waals surface area (Å²) in [6.45, 7) is 3.56. The van der Waals surface area contributed by atoms with Crippen LogP contribution in [0.15, 0.2) is 28.7 Å². The van der Waals surface area contributed by atoms with Gasteiger partial charge in [-0.15, -0.1) is 21.5 Å². The van der Waals surface area contributed by atoms with Crippen molar-refractivity contribution in [2.45, 2.75) is 13.8 Å². The number of amides is 1. The number of carbonyl (C=O) groups is 1. The molecule has 3 aromatic rings. The van der Waals surface area contributed by atoms with Gasteiger partial charge in [0.25, 0.3) is 11.8 Å². The molecule has 0 saturated carbocycles. The average Bonchev–Trinajstić information content (AvgIpc) is 3.05. The maximum atomic E-state index is 13.1. The summed E-state index contributed by atoms with van der Waals surface area (Å²) in [4.78, 5) is 13.9. The Bertz CT molecular complexity index is 891. The van der Waals surface area contributed by atoms with Crippen LogP contribution in [-0.4, -0.2) is 16.1 Å². The number of aryl methyl sites for hydroxylation is 2. The van der Waals surface area contributed by atoms with E-state index in [9.17, 15) is 9.18 Å². The zero-order chi connectivity index (χ0) is 16.6. The van der Waals surface area contributed by atoms with Gasteiger partial charge in [0.1, 0.15) is 5.82 Å². The highest BCUT2D eigenvalue weighted by Crippen LogP contribution is 2.34. The second kappa shape index (κ2) is 6.10. The van der Waals surface area contributed by atoms with Crippen LogP contribution in [0.5, 0.6) is 0 Å². The van der Waals surface area contributed by atoms with Gasteiger partial charge in [-0.05, 0) is 31.2 Å². The van der Waals surface area contributed by atoms with E-state index in [4.69, 9.17) is 16.0 Å². The summed E-state index contributed by atoms with van der Waals surface area (Å²) < 4.78 is 18.4. The third kappa shape index (κ3) is 3.25. The molecule has 0 atom stereocenters. The summed E-state index contributed by atoms with van der Waals surface area (Å²) in [6, 6.07) is 5.39. The number of benzene rings is 1. The van der Waals surface area contributed by atoms with Gasteiger partial charge in [0.2, 0.25) is 5.89 Å². The second-order valence-corrected chi connectivity index (χ2v) is 6.45. The van der Waals surface area contributed by atoms with Gasteiger partial charge in [-0.3, -0.25) is 4.79 Å². The maximum absolute atomic E-state index is 13.1. The minimum atomic E-state index is -0.493. The minimum Gasteiger partial charge on any atom is -0.420 e. The molecular weight excluding hydrogens is 341 g/mol. The molecule has 0 bridgehead atoms. The Hall–Kier alpha value is -2.25. The van der Waals surface area contributed by atoms with Crippen molar-refractivity contribution in [1.29, 1.82) is 0 Å². The number of carbonyl (C=O) groups excluding carboxylic acids is 1. The molecule has 0 spiro atoms. The number of rotatable bonds is 3. The molecule has 0 saturated heterocycles. The number of nitrogens with zero attached hydrogens (tertiary/aromatic N) is 2. The number of hydrogen-bond acceptors (Lipinski definition) is 5. The fourth-order valence-corrected chi connectivity index (χ4v) is 3.12. The van der Waals surface area contributed by atoms with Crippen LogP contribution in [0.4, 0.5) is 10.1 Å². The summed E-state index contributed by atoms with van der Waals surface area (Å²) in [5.74, 6) is -0.0397. The number of anilines is 1. The van der Waals surface area contributed by atoms with Gasteiger partial charge < -0.3 is 9.73 Å². The monoisotopic (exact) mass is 351 g/mol. The molecule has 0 unspecified atom stereocenters. The summed E-state index contributed by atoms with van der Waals surface area (Å²) >= 11 is 7.32. The standard InChI is InChI=1S/C15H11ClFN3O2S/c1-7-12(6-13(23-7)15-20-19-8(2)22-15)18-14(21)10-4-3-9(17)5-11(10)16/h3-6H,1-2H3,(H,18,21). The molecule has 5 nitrogen and oxygen atoms in total. The van der Waals surface area contributed by atoms with Gasteiger partial charge in [0.05, 0.1) is 21.2 Å². The molecule has 0 aliphatic heterocycles. The fraction of sp³-hybridized carbons (Fsp3) is 0.133. The Balaban J connectivity index is 1.85. The highest BCUT2D eigenvalue weighted by molar-refractivity contribution is 7.15. The van der Waals surface area contributed by atoms with Crippen molar-refractivity contribution in [3.63, 3.8) is 0 Å². The zero-order valence-electron chi connectivity index (χ0n) is 12.2. The molecule has 0 aliphatic rings. The van der Waals surface area contributed by atoms with E-state index in [0.717, 1.165) is 15.8 Å². The van der Waals surface area contributed by atoms with Crippen LogP contribution in [0.1, 0.15) is 21.1 Å². The van der Waals surface area contributed by atoms with Crippen molar-refractivity contribution in [1.82, 2.24) is 10.2 Å². The SMILES string of the molecule is Cc1nnc(-c2cc(NC(=O)c3ccc(F)cc3Cl)c(C)s2)o1.